The number of urea groups is 1. The fourth-order valence-corrected chi connectivity index (χ4v) is 5.38. The van der Waals surface area contributed by atoms with Gasteiger partial charge in [0, 0.05) is 53.8 Å². The highest BCUT2D eigenvalue weighted by Crippen LogP contribution is 2.50. The quantitative estimate of drug-likeness (QED) is 0.630. The second-order valence-corrected chi connectivity index (χ2v) is 9.64. The molecule has 1 spiro atoms. The average molecular weight is 475 g/mol. The van der Waals surface area contributed by atoms with Crippen LogP contribution in [0.25, 0.3) is 4.83 Å². The van der Waals surface area contributed by atoms with Crippen LogP contribution in [0.4, 0.5) is 10.6 Å². The van der Waals surface area contributed by atoms with Crippen molar-refractivity contribution < 1.29 is 9.59 Å². The van der Waals surface area contributed by atoms with Gasteiger partial charge in [-0.05, 0) is 25.0 Å². The van der Waals surface area contributed by atoms with Crippen LogP contribution in [0, 0.1) is 5.41 Å². The zero-order chi connectivity index (χ0) is 20.2. The van der Waals surface area contributed by atoms with Crippen molar-refractivity contribution in [1.82, 2.24) is 24.4 Å². The summed E-state index contributed by atoms with van der Waals surface area (Å²) in [5, 5.41) is 8.98. The third kappa shape index (κ3) is 3.20. The van der Waals surface area contributed by atoms with Crippen LogP contribution in [0.3, 0.4) is 0 Å². The lowest BCUT2D eigenvalue weighted by molar-refractivity contribution is -0.0787. The molecule has 2 fully saturated rings. The molecule has 2 aliphatic rings. The molecule has 1 N–H and O–H groups in total. The maximum atomic E-state index is 12.8. The number of fused-ring (bicyclic) bond motifs is 1. The highest BCUT2D eigenvalue weighted by Gasteiger charge is 2.55. The van der Waals surface area contributed by atoms with E-state index in [4.69, 9.17) is 0 Å². The summed E-state index contributed by atoms with van der Waals surface area (Å²) >= 11 is 4.90. The van der Waals surface area contributed by atoms with Gasteiger partial charge in [-0.3, -0.25) is 10.1 Å². The van der Waals surface area contributed by atoms with E-state index in [9.17, 15) is 9.59 Å². The minimum atomic E-state index is -0.164. The van der Waals surface area contributed by atoms with Gasteiger partial charge in [-0.25, -0.2) is 14.3 Å². The molecule has 1 saturated carbocycles. The van der Waals surface area contributed by atoms with Gasteiger partial charge in [0.05, 0.1) is 11.8 Å². The zero-order valence-corrected chi connectivity index (χ0v) is 18.1. The molecule has 3 aromatic heterocycles. The lowest BCUT2D eigenvalue weighted by Gasteiger charge is -2.60. The number of hydrogen-bond donors (Lipinski definition) is 1. The number of halogens is 1. The molecule has 3 aromatic rings. The Balaban J connectivity index is 1.15. The molecule has 1 saturated heterocycles. The number of nitrogens with zero attached hydrogens (tertiary/aromatic N) is 5. The molecule has 10 heteroatoms. The first-order valence-corrected chi connectivity index (χ1v) is 11.0. The number of likely N-dealkylation sites (tertiary alicyclic amines) is 1. The van der Waals surface area contributed by atoms with Crippen LogP contribution in [0.15, 0.2) is 40.6 Å². The first-order chi connectivity index (χ1) is 13.9. The van der Waals surface area contributed by atoms with Crippen molar-refractivity contribution in [3.05, 3.63) is 46.1 Å². The Kier molecular flexibility index (Phi) is 4.36. The number of nitrogens with one attached hydrogen (secondary N) is 1. The molecule has 0 atom stereocenters. The molecule has 0 bridgehead atoms. The maximum Gasteiger partial charge on any atom is 0.322 e. The minimum Gasteiger partial charge on any atom is -0.337 e. The third-order valence-corrected chi connectivity index (χ3v) is 7.25. The highest BCUT2D eigenvalue weighted by atomic mass is 79.9. The van der Waals surface area contributed by atoms with Crippen LogP contribution in [-0.2, 0) is 0 Å². The predicted molar refractivity (Wildman–Crippen MR) is 113 cm³/mol. The van der Waals surface area contributed by atoms with E-state index in [1.807, 2.05) is 29.6 Å². The second kappa shape index (κ2) is 6.81. The average Bonchev–Trinajstić information content (AvgIpc) is 3.22. The van der Waals surface area contributed by atoms with E-state index >= 15 is 0 Å². The second-order valence-electron chi connectivity index (χ2n) is 7.83. The molecule has 0 unspecified atom stereocenters. The Morgan fingerprint density at radius 1 is 1.38 bits per heavy atom. The summed E-state index contributed by atoms with van der Waals surface area (Å²) < 4.78 is 2.60. The van der Waals surface area contributed by atoms with Gasteiger partial charge < -0.3 is 9.80 Å². The van der Waals surface area contributed by atoms with Gasteiger partial charge in [0.25, 0.3) is 5.91 Å². The summed E-state index contributed by atoms with van der Waals surface area (Å²) in [7, 11) is 1.81. The monoisotopic (exact) mass is 474 g/mol. The fraction of sp³-hybridized carbons (Fsp3) is 0.368. The van der Waals surface area contributed by atoms with Crippen LogP contribution < -0.4 is 5.32 Å². The minimum absolute atomic E-state index is 0.0448. The molecule has 4 heterocycles. The van der Waals surface area contributed by atoms with Crippen molar-refractivity contribution in [2.45, 2.75) is 18.9 Å². The molecule has 150 valence electrons. The first kappa shape index (κ1) is 18.6. The molecule has 0 aromatic carbocycles. The number of amides is 3. The van der Waals surface area contributed by atoms with Crippen LogP contribution in [0.1, 0.15) is 23.2 Å². The van der Waals surface area contributed by atoms with Gasteiger partial charge in [0.1, 0.15) is 10.6 Å². The maximum absolute atomic E-state index is 12.8. The number of hydrogen-bond acceptors (Lipinski definition) is 5. The number of aromatic nitrogens is 3. The first-order valence-electron chi connectivity index (χ1n) is 9.30. The van der Waals surface area contributed by atoms with E-state index in [1.54, 1.807) is 27.9 Å². The topological polar surface area (TPSA) is 82.8 Å². The van der Waals surface area contributed by atoms with E-state index < -0.39 is 0 Å². The number of rotatable bonds is 3. The Morgan fingerprint density at radius 3 is 2.93 bits per heavy atom. The van der Waals surface area contributed by atoms with E-state index in [0.29, 0.717) is 11.4 Å². The van der Waals surface area contributed by atoms with Crippen LogP contribution in [0.5, 0.6) is 0 Å². The van der Waals surface area contributed by atoms with Crippen molar-refractivity contribution in [3.8, 4) is 0 Å². The molecular weight excluding hydrogens is 456 g/mol. The smallest absolute Gasteiger partial charge is 0.322 e. The van der Waals surface area contributed by atoms with Crippen molar-refractivity contribution in [2.24, 2.45) is 5.41 Å². The van der Waals surface area contributed by atoms with Crippen LogP contribution in [0.2, 0.25) is 0 Å². The van der Waals surface area contributed by atoms with Gasteiger partial charge in [0.2, 0.25) is 0 Å². The SMILES string of the molecule is CN(C(=O)Nc1cc(Br)ccn1)C1CC2(C1)CN(C(=O)c1cnn3ccsc13)C2. The van der Waals surface area contributed by atoms with Gasteiger partial charge in [-0.1, -0.05) is 15.9 Å². The van der Waals surface area contributed by atoms with Gasteiger partial charge in [0.15, 0.2) is 0 Å². The fourth-order valence-electron chi connectivity index (χ4n) is 4.26. The van der Waals surface area contributed by atoms with Crippen LogP contribution in [-0.4, -0.2) is 62.5 Å². The van der Waals surface area contributed by atoms with Gasteiger partial charge in [-0.15, -0.1) is 11.3 Å². The Labute approximate surface area is 179 Å². The Hall–Kier alpha value is -2.46. The molecule has 8 nitrogen and oxygen atoms in total. The molecule has 1 aliphatic heterocycles. The van der Waals surface area contributed by atoms with E-state index in [2.05, 4.69) is 31.3 Å². The van der Waals surface area contributed by atoms with Crippen molar-refractivity contribution in [3.63, 3.8) is 0 Å². The lowest BCUT2D eigenvalue weighted by Crippen LogP contribution is -2.67. The summed E-state index contributed by atoms with van der Waals surface area (Å²) in [4.78, 5) is 33.9. The number of carbonyl (C=O) groups excluding carboxylic acids is 2. The van der Waals surface area contributed by atoms with Gasteiger partial charge in [-0.2, -0.15) is 5.10 Å². The molecule has 3 amide bonds. The van der Waals surface area contributed by atoms with E-state index in [1.165, 1.54) is 11.3 Å². The molecule has 0 radical (unpaired) electrons. The number of carbonyl (C=O) groups is 2. The molecule has 5 rings (SSSR count). The Morgan fingerprint density at radius 2 is 2.17 bits per heavy atom. The third-order valence-electron chi connectivity index (χ3n) is 5.86. The van der Waals surface area contributed by atoms with Crippen LogP contribution >= 0.6 is 27.3 Å². The standard InChI is InChI=1S/C19H19BrN6O2S/c1-24(18(28)23-15-6-12(20)2-3-21-15)13-7-19(8-13)10-25(11-19)16(27)14-9-22-26-4-5-29-17(14)26/h2-6,9,13H,7-8,10-11H2,1H3,(H,21,23,28). The lowest BCUT2D eigenvalue weighted by atomic mass is 9.60. The highest BCUT2D eigenvalue weighted by molar-refractivity contribution is 9.10. The van der Waals surface area contributed by atoms with E-state index in [-0.39, 0.29) is 23.4 Å². The predicted octanol–water partition coefficient (Wildman–Crippen LogP) is 3.32. The van der Waals surface area contributed by atoms with E-state index in [0.717, 1.165) is 35.2 Å². The largest absolute Gasteiger partial charge is 0.337 e. The van der Waals surface area contributed by atoms with Gasteiger partial charge >= 0.3 is 6.03 Å². The number of thiazole rings is 1. The number of pyridine rings is 1. The van der Waals surface area contributed by atoms with Crippen molar-refractivity contribution in [1.29, 1.82) is 0 Å². The summed E-state index contributed by atoms with van der Waals surface area (Å²) in [5.41, 5.74) is 0.814. The number of anilines is 1. The van der Waals surface area contributed by atoms with Crippen molar-refractivity contribution in [2.75, 3.05) is 25.5 Å². The molecule has 1 aliphatic carbocycles. The summed E-state index contributed by atoms with van der Waals surface area (Å²) in [5.74, 6) is 0.565. The summed E-state index contributed by atoms with van der Waals surface area (Å²) in [6.07, 6.45) is 6.97. The summed E-state index contributed by atoms with van der Waals surface area (Å²) in [6.45, 7) is 1.49. The van der Waals surface area contributed by atoms with Crippen molar-refractivity contribution >= 4 is 49.9 Å². The normalized spacial score (nSPS) is 17.8. The summed E-state index contributed by atoms with van der Waals surface area (Å²) in [6, 6.07) is 3.60. The molecule has 29 heavy (non-hydrogen) atoms. The Bertz CT molecular complexity index is 1100. The molecular formula is C19H19BrN6O2S. The zero-order valence-electron chi connectivity index (χ0n) is 15.7.